The highest BCUT2D eigenvalue weighted by molar-refractivity contribution is 5.86. The van der Waals surface area contributed by atoms with Crippen LogP contribution in [0, 0.1) is 0 Å². The zero-order chi connectivity index (χ0) is 12.9. The molecule has 0 fully saturated rings. The molecule has 96 valence electrons. The molecule has 4 nitrogen and oxygen atoms in total. The van der Waals surface area contributed by atoms with Crippen molar-refractivity contribution >= 4 is 5.91 Å². The Kier molecular flexibility index (Phi) is 4.75. The number of carbonyl (C=O) groups is 1. The molecule has 1 aromatic heterocycles. The summed E-state index contributed by atoms with van der Waals surface area (Å²) >= 11 is 0. The lowest BCUT2D eigenvalue weighted by Gasteiger charge is -2.32. The summed E-state index contributed by atoms with van der Waals surface area (Å²) in [5.41, 5.74) is 5.38. The molecule has 0 saturated carbocycles. The average molecular weight is 238 g/mol. The van der Waals surface area contributed by atoms with E-state index < -0.39 is 5.54 Å². The molecule has 0 aromatic carbocycles. The van der Waals surface area contributed by atoms with Crippen molar-refractivity contribution < 1.29 is 9.21 Å². The number of nitrogens with zero attached hydrogens (tertiary/aromatic N) is 1. The maximum atomic E-state index is 12.3. The van der Waals surface area contributed by atoms with Gasteiger partial charge in [0.05, 0.1) is 18.3 Å². The lowest BCUT2D eigenvalue weighted by molar-refractivity contribution is -0.138. The first-order chi connectivity index (χ1) is 8.07. The van der Waals surface area contributed by atoms with Gasteiger partial charge < -0.3 is 15.1 Å². The summed E-state index contributed by atoms with van der Waals surface area (Å²) in [6.45, 7) is 6.97. The summed E-state index contributed by atoms with van der Waals surface area (Å²) in [7, 11) is 0. The van der Waals surface area contributed by atoms with Crippen molar-refractivity contribution in [2.75, 3.05) is 6.54 Å². The first-order valence-electron chi connectivity index (χ1n) is 6.18. The quantitative estimate of drug-likeness (QED) is 0.826. The van der Waals surface area contributed by atoms with Crippen LogP contribution < -0.4 is 5.73 Å². The second-order valence-corrected chi connectivity index (χ2v) is 4.26. The summed E-state index contributed by atoms with van der Waals surface area (Å²) < 4.78 is 5.26. The Morgan fingerprint density at radius 3 is 2.47 bits per heavy atom. The van der Waals surface area contributed by atoms with Crippen LogP contribution in [0.4, 0.5) is 0 Å². The van der Waals surface area contributed by atoms with Crippen LogP contribution in [0.15, 0.2) is 22.8 Å². The highest BCUT2D eigenvalue weighted by Gasteiger charge is 2.33. The second kappa shape index (κ2) is 5.87. The second-order valence-electron chi connectivity index (χ2n) is 4.26. The summed E-state index contributed by atoms with van der Waals surface area (Å²) in [5, 5.41) is 0. The molecule has 0 aliphatic carbocycles. The van der Waals surface area contributed by atoms with Crippen molar-refractivity contribution in [3.8, 4) is 0 Å². The molecule has 0 radical (unpaired) electrons. The SMILES string of the molecule is CCN(Cc1ccco1)C(=O)C(N)(CC)CC. The van der Waals surface area contributed by atoms with Crippen LogP contribution in [0.1, 0.15) is 39.4 Å². The van der Waals surface area contributed by atoms with E-state index in [2.05, 4.69) is 0 Å². The van der Waals surface area contributed by atoms with Gasteiger partial charge in [0.1, 0.15) is 5.76 Å². The molecular formula is C13H22N2O2. The fraction of sp³-hybridized carbons (Fsp3) is 0.615. The average Bonchev–Trinajstić information content (AvgIpc) is 2.87. The Bertz CT molecular complexity index is 342. The van der Waals surface area contributed by atoms with Gasteiger partial charge in [-0.3, -0.25) is 4.79 Å². The number of furan rings is 1. The first-order valence-corrected chi connectivity index (χ1v) is 6.18. The van der Waals surface area contributed by atoms with Crippen molar-refractivity contribution in [3.05, 3.63) is 24.2 Å². The Labute approximate surface area is 103 Å². The van der Waals surface area contributed by atoms with Crippen LogP contribution in [0.5, 0.6) is 0 Å². The molecule has 0 unspecified atom stereocenters. The van der Waals surface area contributed by atoms with Crippen LogP contribution in [0.25, 0.3) is 0 Å². The molecule has 0 spiro atoms. The van der Waals surface area contributed by atoms with Gasteiger partial charge in [-0.15, -0.1) is 0 Å². The molecule has 1 rings (SSSR count). The molecule has 0 aliphatic rings. The standard InChI is InChI=1S/C13H22N2O2/c1-4-13(14,5-2)12(16)15(6-3)10-11-8-7-9-17-11/h7-9H,4-6,10,14H2,1-3H3. The largest absolute Gasteiger partial charge is 0.467 e. The maximum Gasteiger partial charge on any atom is 0.243 e. The minimum Gasteiger partial charge on any atom is -0.467 e. The Hall–Kier alpha value is -1.29. The summed E-state index contributed by atoms with van der Waals surface area (Å²) in [6.07, 6.45) is 2.91. The van der Waals surface area contributed by atoms with E-state index in [0.29, 0.717) is 25.9 Å². The van der Waals surface area contributed by atoms with Crippen LogP contribution in [0.3, 0.4) is 0 Å². The number of carbonyl (C=O) groups excluding carboxylic acids is 1. The van der Waals surface area contributed by atoms with Crippen LogP contribution >= 0.6 is 0 Å². The van der Waals surface area contributed by atoms with Crippen molar-refractivity contribution in [1.29, 1.82) is 0 Å². The summed E-state index contributed by atoms with van der Waals surface area (Å²) in [4.78, 5) is 14.1. The van der Waals surface area contributed by atoms with E-state index >= 15 is 0 Å². The zero-order valence-electron chi connectivity index (χ0n) is 10.9. The van der Waals surface area contributed by atoms with Gasteiger partial charge in [0.2, 0.25) is 5.91 Å². The maximum absolute atomic E-state index is 12.3. The van der Waals surface area contributed by atoms with Gasteiger partial charge in [-0.25, -0.2) is 0 Å². The van der Waals surface area contributed by atoms with Gasteiger partial charge in [-0.05, 0) is 31.9 Å². The van der Waals surface area contributed by atoms with Gasteiger partial charge in [-0.1, -0.05) is 13.8 Å². The highest BCUT2D eigenvalue weighted by Crippen LogP contribution is 2.17. The van der Waals surface area contributed by atoms with Gasteiger partial charge in [0.15, 0.2) is 0 Å². The zero-order valence-corrected chi connectivity index (χ0v) is 10.9. The van der Waals surface area contributed by atoms with E-state index in [0.717, 1.165) is 5.76 Å². The number of hydrogen-bond acceptors (Lipinski definition) is 3. The third kappa shape index (κ3) is 3.09. The van der Waals surface area contributed by atoms with E-state index in [-0.39, 0.29) is 5.91 Å². The van der Waals surface area contributed by atoms with Crippen molar-refractivity contribution in [3.63, 3.8) is 0 Å². The third-order valence-corrected chi connectivity index (χ3v) is 3.28. The van der Waals surface area contributed by atoms with Gasteiger partial charge >= 0.3 is 0 Å². The van der Waals surface area contributed by atoms with Crippen molar-refractivity contribution in [1.82, 2.24) is 4.90 Å². The molecule has 2 N–H and O–H groups in total. The fourth-order valence-corrected chi connectivity index (χ4v) is 1.79. The molecular weight excluding hydrogens is 216 g/mol. The molecule has 4 heteroatoms. The summed E-state index contributed by atoms with van der Waals surface area (Å²) in [6, 6.07) is 3.69. The highest BCUT2D eigenvalue weighted by atomic mass is 16.3. The Morgan fingerprint density at radius 2 is 2.06 bits per heavy atom. The first kappa shape index (κ1) is 13.8. The van der Waals surface area contributed by atoms with Crippen LogP contribution in [-0.4, -0.2) is 22.9 Å². The normalized spacial score (nSPS) is 11.5. The number of likely N-dealkylation sites (N-methyl/N-ethyl adjacent to an activating group) is 1. The summed E-state index contributed by atoms with van der Waals surface area (Å²) in [5.74, 6) is 0.788. The molecule has 1 amide bonds. The lowest BCUT2D eigenvalue weighted by Crippen LogP contribution is -2.54. The van der Waals surface area contributed by atoms with E-state index in [1.165, 1.54) is 0 Å². The number of rotatable bonds is 6. The Balaban J connectivity index is 2.77. The molecule has 0 saturated heterocycles. The van der Waals surface area contributed by atoms with Crippen molar-refractivity contribution in [2.24, 2.45) is 5.73 Å². The van der Waals surface area contributed by atoms with Crippen LogP contribution in [-0.2, 0) is 11.3 Å². The lowest BCUT2D eigenvalue weighted by atomic mass is 9.92. The molecule has 1 heterocycles. The Morgan fingerprint density at radius 1 is 1.41 bits per heavy atom. The topological polar surface area (TPSA) is 59.5 Å². The predicted molar refractivity (Wildman–Crippen MR) is 67.3 cm³/mol. The van der Waals surface area contributed by atoms with Gasteiger partial charge in [-0.2, -0.15) is 0 Å². The predicted octanol–water partition coefficient (Wildman–Crippen LogP) is 2.15. The molecule has 0 aliphatic heterocycles. The third-order valence-electron chi connectivity index (χ3n) is 3.28. The van der Waals surface area contributed by atoms with E-state index in [9.17, 15) is 4.79 Å². The molecule has 0 bridgehead atoms. The minimum absolute atomic E-state index is 0.00130. The smallest absolute Gasteiger partial charge is 0.243 e. The minimum atomic E-state index is -0.747. The number of nitrogens with two attached hydrogens (primary N) is 1. The monoisotopic (exact) mass is 238 g/mol. The molecule has 0 atom stereocenters. The molecule has 17 heavy (non-hydrogen) atoms. The van der Waals surface area contributed by atoms with E-state index in [4.69, 9.17) is 10.2 Å². The fourth-order valence-electron chi connectivity index (χ4n) is 1.79. The van der Waals surface area contributed by atoms with Crippen molar-refractivity contribution in [2.45, 2.75) is 45.7 Å². The van der Waals surface area contributed by atoms with E-state index in [1.807, 2.05) is 32.9 Å². The van der Waals surface area contributed by atoms with Gasteiger partial charge in [0.25, 0.3) is 0 Å². The van der Waals surface area contributed by atoms with E-state index in [1.54, 1.807) is 11.2 Å². The number of hydrogen-bond donors (Lipinski definition) is 1. The van der Waals surface area contributed by atoms with Gasteiger partial charge in [0, 0.05) is 6.54 Å². The molecule has 1 aromatic rings. The number of amides is 1. The van der Waals surface area contributed by atoms with Crippen LogP contribution in [0.2, 0.25) is 0 Å².